The molecule has 1 N–H and O–H groups in total. The Bertz CT molecular complexity index is 547. The van der Waals surface area contributed by atoms with Crippen LogP contribution in [0.1, 0.15) is 41.0 Å². The number of aryl methyl sites for hydroxylation is 2. The molecule has 1 aromatic heterocycles. The Kier molecular flexibility index (Phi) is 4.72. The molecule has 102 valence electrons. The summed E-state index contributed by atoms with van der Waals surface area (Å²) in [5.74, 6) is -0.124. The Balaban J connectivity index is 2.40. The quantitative estimate of drug-likeness (QED) is 0.842. The van der Waals surface area contributed by atoms with Crippen molar-refractivity contribution in [3.05, 3.63) is 57.0 Å². The number of benzene rings is 1. The van der Waals surface area contributed by atoms with Gasteiger partial charge in [0.15, 0.2) is 0 Å². The minimum Gasteiger partial charge on any atom is -0.306 e. The molecule has 19 heavy (non-hydrogen) atoms. The minimum atomic E-state index is -0.124. The van der Waals surface area contributed by atoms with E-state index in [-0.39, 0.29) is 11.9 Å². The van der Waals surface area contributed by atoms with E-state index in [0.717, 1.165) is 24.1 Å². The van der Waals surface area contributed by atoms with Gasteiger partial charge in [0, 0.05) is 10.4 Å². The second-order valence-corrected chi connectivity index (χ2v) is 5.83. The van der Waals surface area contributed by atoms with Crippen molar-refractivity contribution in [2.45, 2.75) is 33.2 Å². The van der Waals surface area contributed by atoms with Gasteiger partial charge in [-0.05, 0) is 55.5 Å². The Morgan fingerprint density at radius 1 is 1.26 bits per heavy atom. The summed E-state index contributed by atoms with van der Waals surface area (Å²) in [6.07, 6.45) is 1.04. The van der Waals surface area contributed by atoms with Gasteiger partial charge in [-0.1, -0.05) is 19.1 Å². The summed E-state index contributed by atoms with van der Waals surface area (Å²) in [5, 5.41) is 5.53. The third-order valence-electron chi connectivity index (χ3n) is 3.23. The molecule has 2 rings (SSSR count). The normalized spacial score (nSPS) is 12.6. The van der Waals surface area contributed by atoms with Crippen LogP contribution >= 0.6 is 11.3 Å². The fourth-order valence-electron chi connectivity index (χ4n) is 2.18. The van der Waals surface area contributed by atoms with Crippen LogP contribution in [0.2, 0.25) is 0 Å². The SMILES string of the molecule is CCCNC(c1ccc(C)cc1F)c1sccc1C. The van der Waals surface area contributed by atoms with Gasteiger partial charge in [-0.15, -0.1) is 11.3 Å². The molecule has 3 heteroatoms. The van der Waals surface area contributed by atoms with Crippen molar-refractivity contribution < 1.29 is 4.39 Å². The van der Waals surface area contributed by atoms with Crippen LogP contribution in [0.4, 0.5) is 4.39 Å². The van der Waals surface area contributed by atoms with Crippen LogP contribution in [0.15, 0.2) is 29.6 Å². The molecule has 2 aromatic rings. The molecule has 0 amide bonds. The molecule has 0 bridgehead atoms. The maximum Gasteiger partial charge on any atom is 0.128 e. The summed E-state index contributed by atoms with van der Waals surface area (Å²) in [6.45, 7) is 7.00. The summed E-state index contributed by atoms with van der Waals surface area (Å²) in [4.78, 5) is 1.20. The molecule has 1 nitrogen and oxygen atoms in total. The number of nitrogens with one attached hydrogen (secondary N) is 1. The van der Waals surface area contributed by atoms with Gasteiger partial charge in [0.1, 0.15) is 5.82 Å². The molecule has 0 saturated carbocycles. The zero-order valence-electron chi connectivity index (χ0n) is 11.7. The standard InChI is InChI=1S/C16H20FNS/c1-4-8-18-15(16-12(3)7-9-19-16)13-6-5-11(2)10-14(13)17/h5-7,9-10,15,18H,4,8H2,1-3H3. The molecule has 1 unspecified atom stereocenters. The largest absolute Gasteiger partial charge is 0.306 e. The van der Waals surface area contributed by atoms with Crippen molar-refractivity contribution in [2.75, 3.05) is 6.54 Å². The van der Waals surface area contributed by atoms with Gasteiger partial charge in [-0.3, -0.25) is 0 Å². The van der Waals surface area contributed by atoms with Crippen LogP contribution in [0.3, 0.4) is 0 Å². The van der Waals surface area contributed by atoms with E-state index in [1.165, 1.54) is 10.4 Å². The van der Waals surface area contributed by atoms with Crippen LogP contribution in [0.5, 0.6) is 0 Å². The Morgan fingerprint density at radius 2 is 2.05 bits per heavy atom. The van der Waals surface area contributed by atoms with Crippen LogP contribution in [0.25, 0.3) is 0 Å². The molecule has 0 fully saturated rings. The van der Waals surface area contributed by atoms with Gasteiger partial charge in [-0.25, -0.2) is 4.39 Å². The van der Waals surface area contributed by atoms with E-state index in [1.807, 2.05) is 19.1 Å². The first kappa shape index (κ1) is 14.2. The van der Waals surface area contributed by atoms with Gasteiger partial charge in [0.2, 0.25) is 0 Å². The lowest BCUT2D eigenvalue weighted by atomic mass is 10.0. The maximum atomic E-state index is 14.2. The molecule has 1 heterocycles. The fraction of sp³-hybridized carbons (Fsp3) is 0.375. The molecule has 1 atom stereocenters. The van der Waals surface area contributed by atoms with Crippen LogP contribution in [-0.4, -0.2) is 6.54 Å². The van der Waals surface area contributed by atoms with Crippen molar-refractivity contribution in [1.82, 2.24) is 5.32 Å². The monoisotopic (exact) mass is 277 g/mol. The first-order chi connectivity index (χ1) is 9.13. The lowest BCUT2D eigenvalue weighted by molar-refractivity contribution is 0.549. The van der Waals surface area contributed by atoms with E-state index in [9.17, 15) is 4.39 Å². The Hall–Kier alpha value is -1.19. The van der Waals surface area contributed by atoms with Gasteiger partial charge in [0.25, 0.3) is 0 Å². The van der Waals surface area contributed by atoms with Gasteiger partial charge in [0.05, 0.1) is 6.04 Å². The highest BCUT2D eigenvalue weighted by Gasteiger charge is 2.20. The molecule has 0 saturated heterocycles. The van der Waals surface area contributed by atoms with Crippen molar-refractivity contribution in [3.63, 3.8) is 0 Å². The second-order valence-electron chi connectivity index (χ2n) is 4.88. The molecule has 0 aliphatic carbocycles. The number of thiophene rings is 1. The molecular formula is C16H20FNS. The first-order valence-electron chi connectivity index (χ1n) is 6.67. The van der Waals surface area contributed by atoms with Crippen molar-refractivity contribution >= 4 is 11.3 Å². The third-order valence-corrected chi connectivity index (χ3v) is 4.31. The molecule has 1 aromatic carbocycles. The molecule has 0 spiro atoms. The number of halogens is 1. The summed E-state index contributed by atoms with van der Waals surface area (Å²) in [5.41, 5.74) is 2.92. The highest BCUT2D eigenvalue weighted by atomic mass is 32.1. The van der Waals surface area contributed by atoms with Crippen LogP contribution in [-0.2, 0) is 0 Å². The average molecular weight is 277 g/mol. The molecular weight excluding hydrogens is 257 g/mol. The van der Waals surface area contributed by atoms with Gasteiger partial charge >= 0.3 is 0 Å². The van der Waals surface area contributed by atoms with Gasteiger partial charge in [-0.2, -0.15) is 0 Å². The van der Waals surface area contributed by atoms with E-state index in [4.69, 9.17) is 0 Å². The van der Waals surface area contributed by atoms with Crippen molar-refractivity contribution in [3.8, 4) is 0 Å². The number of hydrogen-bond acceptors (Lipinski definition) is 2. The maximum absolute atomic E-state index is 14.2. The highest BCUT2D eigenvalue weighted by Crippen LogP contribution is 2.31. The van der Waals surface area contributed by atoms with E-state index < -0.39 is 0 Å². The summed E-state index contributed by atoms with van der Waals surface area (Å²) >= 11 is 1.69. The van der Waals surface area contributed by atoms with Crippen LogP contribution < -0.4 is 5.32 Å². The first-order valence-corrected chi connectivity index (χ1v) is 7.55. The lowest BCUT2D eigenvalue weighted by Gasteiger charge is -2.20. The molecule has 0 aliphatic heterocycles. The summed E-state index contributed by atoms with van der Waals surface area (Å²) in [6, 6.07) is 7.53. The van der Waals surface area contributed by atoms with Crippen LogP contribution in [0, 0.1) is 19.7 Å². The summed E-state index contributed by atoms with van der Waals surface area (Å²) < 4.78 is 14.2. The molecule has 0 radical (unpaired) electrons. The zero-order chi connectivity index (χ0) is 13.8. The number of rotatable bonds is 5. The van der Waals surface area contributed by atoms with E-state index in [2.05, 4.69) is 30.6 Å². The Morgan fingerprint density at radius 3 is 2.63 bits per heavy atom. The van der Waals surface area contributed by atoms with E-state index >= 15 is 0 Å². The smallest absolute Gasteiger partial charge is 0.128 e. The summed E-state index contributed by atoms with van der Waals surface area (Å²) in [7, 11) is 0. The highest BCUT2D eigenvalue weighted by molar-refractivity contribution is 7.10. The van der Waals surface area contributed by atoms with Crippen molar-refractivity contribution in [2.24, 2.45) is 0 Å². The zero-order valence-corrected chi connectivity index (χ0v) is 12.5. The third kappa shape index (κ3) is 3.23. The van der Waals surface area contributed by atoms with E-state index in [0.29, 0.717) is 0 Å². The van der Waals surface area contributed by atoms with Gasteiger partial charge < -0.3 is 5.32 Å². The second kappa shape index (κ2) is 6.31. The van der Waals surface area contributed by atoms with Crippen molar-refractivity contribution in [1.29, 1.82) is 0 Å². The van der Waals surface area contributed by atoms with E-state index in [1.54, 1.807) is 17.4 Å². The topological polar surface area (TPSA) is 12.0 Å². The fourth-order valence-corrected chi connectivity index (χ4v) is 3.20. The molecule has 0 aliphatic rings. The minimum absolute atomic E-state index is 0.0412. The predicted molar refractivity (Wildman–Crippen MR) is 80.3 cm³/mol. The predicted octanol–water partition coefficient (Wildman–Crippen LogP) is 4.59. The lowest BCUT2D eigenvalue weighted by Crippen LogP contribution is -2.24. The average Bonchev–Trinajstić information content (AvgIpc) is 2.78. The number of hydrogen-bond donors (Lipinski definition) is 1. The Labute approximate surface area is 118 Å².